The molecule has 70 valence electrons. The Kier molecular flexibility index (Phi) is 3.84. The maximum Gasteiger partial charge on any atom is 0.120 e. The van der Waals surface area contributed by atoms with E-state index in [4.69, 9.17) is 16.3 Å². The average molecular weight is 197 g/mol. The van der Waals surface area contributed by atoms with Gasteiger partial charge in [-0.15, -0.1) is 0 Å². The third-order valence-electron chi connectivity index (χ3n) is 1.66. The zero-order valence-electron chi connectivity index (χ0n) is 7.72. The van der Waals surface area contributed by atoms with Crippen LogP contribution in [0.1, 0.15) is 18.9 Å². The monoisotopic (exact) mass is 196 g/mol. The van der Waals surface area contributed by atoms with E-state index in [0.717, 1.165) is 24.3 Å². The Hall–Kier alpha value is -0.950. The van der Waals surface area contributed by atoms with Crippen molar-refractivity contribution >= 4 is 17.7 Å². The van der Waals surface area contributed by atoms with Crippen LogP contribution in [-0.2, 0) is 0 Å². The van der Waals surface area contributed by atoms with Gasteiger partial charge in [-0.1, -0.05) is 31.2 Å². The molecule has 2 heteroatoms. The van der Waals surface area contributed by atoms with E-state index in [0.29, 0.717) is 5.02 Å². The van der Waals surface area contributed by atoms with Gasteiger partial charge in [0.1, 0.15) is 5.75 Å². The molecule has 0 saturated heterocycles. The molecule has 0 radical (unpaired) electrons. The van der Waals surface area contributed by atoms with Gasteiger partial charge in [0, 0.05) is 0 Å². The Morgan fingerprint density at radius 3 is 2.85 bits per heavy atom. The first-order valence-electron chi connectivity index (χ1n) is 4.32. The summed E-state index contributed by atoms with van der Waals surface area (Å²) in [5.74, 6) is 0.817. The van der Waals surface area contributed by atoms with E-state index in [1.54, 1.807) is 6.08 Å². The molecule has 0 amide bonds. The minimum atomic E-state index is 0.684. The van der Waals surface area contributed by atoms with Crippen LogP contribution in [-0.4, -0.2) is 6.61 Å². The van der Waals surface area contributed by atoms with E-state index in [9.17, 15) is 0 Å². The molecule has 1 aromatic carbocycles. The fourth-order valence-electron chi connectivity index (χ4n) is 0.983. The molecule has 13 heavy (non-hydrogen) atoms. The maximum atomic E-state index is 5.96. The lowest BCUT2D eigenvalue weighted by atomic mass is 10.2. The fourth-order valence-corrected chi connectivity index (χ4v) is 1.23. The van der Waals surface area contributed by atoms with Gasteiger partial charge in [-0.25, -0.2) is 0 Å². The van der Waals surface area contributed by atoms with Crippen molar-refractivity contribution in [2.24, 2.45) is 0 Å². The van der Waals surface area contributed by atoms with Gasteiger partial charge in [0.05, 0.1) is 11.6 Å². The standard InChI is InChI=1S/C11H13ClO/c1-3-7-13-10-6-5-9(4-2)11(12)8-10/h4-6,8H,2-3,7H2,1H3. The van der Waals surface area contributed by atoms with Crippen molar-refractivity contribution in [3.05, 3.63) is 35.4 Å². The summed E-state index contributed by atoms with van der Waals surface area (Å²) in [4.78, 5) is 0. The minimum absolute atomic E-state index is 0.684. The highest BCUT2D eigenvalue weighted by Gasteiger charge is 1.98. The number of benzene rings is 1. The molecule has 1 aromatic rings. The zero-order chi connectivity index (χ0) is 9.68. The molecule has 1 rings (SSSR count). The predicted octanol–water partition coefficient (Wildman–Crippen LogP) is 3.77. The predicted molar refractivity (Wildman–Crippen MR) is 57.3 cm³/mol. The van der Waals surface area contributed by atoms with Crippen molar-refractivity contribution < 1.29 is 4.74 Å². The van der Waals surface area contributed by atoms with Crippen LogP contribution in [0.3, 0.4) is 0 Å². The van der Waals surface area contributed by atoms with Gasteiger partial charge in [-0.3, -0.25) is 0 Å². The number of halogens is 1. The molecular formula is C11H13ClO. The molecule has 0 spiro atoms. The van der Waals surface area contributed by atoms with E-state index in [1.807, 2.05) is 18.2 Å². The number of hydrogen-bond acceptors (Lipinski definition) is 1. The SMILES string of the molecule is C=Cc1ccc(OCCC)cc1Cl. The van der Waals surface area contributed by atoms with Gasteiger partial charge in [-0.05, 0) is 30.2 Å². The van der Waals surface area contributed by atoms with Crippen molar-refractivity contribution in [2.45, 2.75) is 13.3 Å². The third-order valence-corrected chi connectivity index (χ3v) is 1.99. The van der Waals surface area contributed by atoms with Crippen molar-refractivity contribution in [2.75, 3.05) is 6.61 Å². The Balaban J connectivity index is 2.77. The lowest BCUT2D eigenvalue weighted by molar-refractivity contribution is 0.317. The van der Waals surface area contributed by atoms with E-state index in [2.05, 4.69) is 13.5 Å². The normalized spacial score (nSPS) is 9.69. The summed E-state index contributed by atoms with van der Waals surface area (Å²) in [5, 5.41) is 0.684. The summed E-state index contributed by atoms with van der Waals surface area (Å²) in [7, 11) is 0. The largest absolute Gasteiger partial charge is 0.494 e. The van der Waals surface area contributed by atoms with Gasteiger partial charge in [0.2, 0.25) is 0 Å². The van der Waals surface area contributed by atoms with Crippen LogP contribution in [0.25, 0.3) is 6.08 Å². The molecule has 0 N–H and O–H groups in total. The molecular weight excluding hydrogens is 184 g/mol. The highest BCUT2D eigenvalue weighted by Crippen LogP contribution is 2.23. The lowest BCUT2D eigenvalue weighted by Crippen LogP contribution is -1.94. The van der Waals surface area contributed by atoms with Crippen molar-refractivity contribution in [1.82, 2.24) is 0 Å². The second-order valence-corrected chi connectivity index (χ2v) is 3.14. The number of ether oxygens (including phenoxy) is 1. The molecule has 0 aliphatic heterocycles. The molecule has 1 nitrogen and oxygen atoms in total. The summed E-state index contributed by atoms with van der Waals surface area (Å²) in [6.07, 6.45) is 2.73. The highest BCUT2D eigenvalue weighted by atomic mass is 35.5. The molecule has 0 fully saturated rings. The zero-order valence-corrected chi connectivity index (χ0v) is 8.47. The molecule has 0 aliphatic carbocycles. The molecule has 0 unspecified atom stereocenters. The first kappa shape index (κ1) is 10.1. The fraction of sp³-hybridized carbons (Fsp3) is 0.273. The van der Waals surface area contributed by atoms with Crippen LogP contribution in [0.2, 0.25) is 5.02 Å². The van der Waals surface area contributed by atoms with Crippen LogP contribution in [0, 0.1) is 0 Å². The Bertz CT molecular complexity index is 294. The first-order chi connectivity index (χ1) is 6.27. The second-order valence-electron chi connectivity index (χ2n) is 2.74. The molecule has 0 saturated carbocycles. The van der Waals surface area contributed by atoms with Crippen LogP contribution in [0.5, 0.6) is 5.75 Å². The van der Waals surface area contributed by atoms with E-state index < -0.39 is 0 Å². The topological polar surface area (TPSA) is 9.23 Å². The highest BCUT2D eigenvalue weighted by molar-refractivity contribution is 6.32. The van der Waals surface area contributed by atoms with Crippen molar-refractivity contribution in [3.63, 3.8) is 0 Å². The summed E-state index contributed by atoms with van der Waals surface area (Å²) in [6, 6.07) is 5.62. The minimum Gasteiger partial charge on any atom is -0.494 e. The molecule has 0 aliphatic rings. The summed E-state index contributed by atoms with van der Waals surface area (Å²) in [6.45, 7) is 6.45. The quantitative estimate of drug-likeness (QED) is 0.713. The molecule has 0 bridgehead atoms. The second kappa shape index (κ2) is 4.93. The van der Waals surface area contributed by atoms with Gasteiger partial charge in [-0.2, -0.15) is 0 Å². The smallest absolute Gasteiger partial charge is 0.120 e. The van der Waals surface area contributed by atoms with E-state index in [-0.39, 0.29) is 0 Å². The molecule has 0 heterocycles. The van der Waals surface area contributed by atoms with Crippen LogP contribution < -0.4 is 4.74 Å². The average Bonchev–Trinajstić information content (AvgIpc) is 2.15. The number of rotatable bonds is 4. The summed E-state index contributed by atoms with van der Waals surface area (Å²) >= 11 is 5.96. The Morgan fingerprint density at radius 2 is 2.31 bits per heavy atom. The Morgan fingerprint density at radius 1 is 1.54 bits per heavy atom. The molecule has 0 atom stereocenters. The maximum absolute atomic E-state index is 5.96. The molecule has 0 aromatic heterocycles. The van der Waals surface area contributed by atoms with Gasteiger partial charge < -0.3 is 4.74 Å². The van der Waals surface area contributed by atoms with Crippen LogP contribution >= 0.6 is 11.6 Å². The Labute approximate surface area is 84.0 Å². The first-order valence-corrected chi connectivity index (χ1v) is 4.70. The van der Waals surface area contributed by atoms with Crippen molar-refractivity contribution in [1.29, 1.82) is 0 Å². The van der Waals surface area contributed by atoms with Crippen LogP contribution in [0.4, 0.5) is 0 Å². The van der Waals surface area contributed by atoms with Gasteiger partial charge in [0.25, 0.3) is 0 Å². The lowest BCUT2D eigenvalue weighted by Gasteiger charge is -2.05. The third kappa shape index (κ3) is 2.78. The van der Waals surface area contributed by atoms with Gasteiger partial charge >= 0.3 is 0 Å². The van der Waals surface area contributed by atoms with Gasteiger partial charge in [0.15, 0.2) is 0 Å². The summed E-state index contributed by atoms with van der Waals surface area (Å²) in [5.41, 5.74) is 0.936. The van der Waals surface area contributed by atoms with E-state index >= 15 is 0 Å². The summed E-state index contributed by atoms with van der Waals surface area (Å²) < 4.78 is 5.42. The van der Waals surface area contributed by atoms with E-state index in [1.165, 1.54) is 0 Å². The number of hydrogen-bond donors (Lipinski definition) is 0. The van der Waals surface area contributed by atoms with Crippen molar-refractivity contribution in [3.8, 4) is 5.75 Å². The van der Waals surface area contributed by atoms with Crippen LogP contribution in [0.15, 0.2) is 24.8 Å².